The predicted octanol–water partition coefficient (Wildman–Crippen LogP) is 3.35. The lowest BCUT2D eigenvalue weighted by molar-refractivity contribution is 0.0988. The standard InChI is InChI=1S/C10H11BrO/c1-3-10(12)8-4-5-9(11)7(2)6-8/h4-6H,3H2,1-2H3. The van der Waals surface area contributed by atoms with Crippen LogP contribution in [0.3, 0.4) is 0 Å². The van der Waals surface area contributed by atoms with Crippen LogP contribution < -0.4 is 0 Å². The second-order valence-corrected chi connectivity index (χ2v) is 3.60. The SMILES string of the molecule is CCC(=O)c1ccc(Br)c(C)c1. The van der Waals surface area contributed by atoms with Crippen LogP contribution in [0.15, 0.2) is 22.7 Å². The topological polar surface area (TPSA) is 17.1 Å². The minimum absolute atomic E-state index is 0.200. The van der Waals surface area contributed by atoms with Crippen molar-refractivity contribution in [2.24, 2.45) is 0 Å². The molecule has 0 aliphatic rings. The highest BCUT2D eigenvalue weighted by molar-refractivity contribution is 9.10. The molecular weight excluding hydrogens is 216 g/mol. The summed E-state index contributed by atoms with van der Waals surface area (Å²) in [5, 5.41) is 0. The highest BCUT2D eigenvalue weighted by atomic mass is 79.9. The summed E-state index contributed by atoms with van der Waals surface area (Å²) in [5.41, 5.74) is 1.91. The van der Waals surface area contributed by atoms with Gasteiger partial charge in [0.15, 0.2) is 5.78 Å². The van der Waals surface area contributed by atoms with E-state index in [-0.39, 0.29) is 5.78 Å². The molecule has 0 N–H and O–H groups in total. The predicted molar refractivity (Wildman–Crippen MR) is 53.5 cm³/mol. The van der Waals surface area contributed by atoms with Crippen molar-refractivity contribution in [2.75, 3.05) is 0 Å². The number of hydrogen-bond donors (Lipinski definition) is 0. The van der Waals surface area contributed by atoms with Gasteiger partial charge in [-0.2, -0.15) is 0 Å². The molecule has 12 heavy (non-hydrogen) atoms. The number of halogens is 1. The molecule has 0 amide bonds. The lowest BCUT2D eigenvalue weighted by Gasteiger charge is -2.01. The van der Waals surface area contributed by atoms with Crippen molar-refractivity contribution in [1.82, 2.24) is 0 Å². The zero-order chi connectivity index (χ0) is 9.14. The molecule has 1 aromatic carbocycles. The molecule has 0 unspecified atom stereocenters. The molecule has 0 saturated heterocycles. The van der Waals surface area contributed by atoms with Crippen molar-refractivity contribution in [1.29, 1.82) is 0 Å². The van der Waals surface area contributed by atoms with Crippen molar-refractivity contribution in [3.63, 3.8) is 0 Å². The molecule has 1 rings (SSSR count). The Hall–Kier alpha value is -0.630. The van der Waals surface area contributed by atoms with Crippen molar-refractivity contribution in [2.45, 2.75) is 20.3 Å². The molecule has 1 nitrogen and oxygen atoms in total. The summed E-state index contributed by atoms with van der Waals surface area (Å²) < 4.78 is 1.05. The average molecular weight is 227 g/mol. The maximum atomic E-state index is 11.3. The number of Topliss-reactive ketones (excluding diaryl/α,β-unsaturated/α-hetero) is 1. The molecule has 0 aliphatic carbocycles. The van der Waals surface area contributed by atoms with Gasteiger partial charge in [-0.25, -0.2) is 0 Å². The van der Waals surface area contributed by atoms with E-state index < -0.39 is 0 Å². The van der Waals surface area contributed by atoms with Crippen LogP contribution >= 0.6 is 15.9 Å². The summed E-state index contributed by atoms with van der Waals surface area (Å²) in [6.45, 7) is 3.86. The monoisotopic (exact) mass is 226 g/mol. The Labute approximate surface area is 80.9 Å². The van der Waals surface area contributed by atoms with E-state index in [2.05, 4.69) is 15.9 Å². The van der Waals surface area contributed by atoms with Crippen molar-refractivity contribution in [3.05, 3.63) is 33.8 Å². The fourth-order valence-corrected chi connectivity index (χ4v) is 1.27. The zero-order valence-corrected chi connectivity index (χ0v) is 8.81. The third kappa shape index (κ3) is 1.95. The summed E-state index contributed by atoms with van der Waals surface area (Å²) in [4.78, 5) is 11.3. The van der Waals surface area contributed by atoms with Crippen LogP contribution in [-0.2, 0) is 0 Å². The number of benzene rings is 1. The lowest BCUT2D eigenvalue weighted by Crippen LogP contribution is -1.96. The number of carbonyl (C=O) groups excluding carboxylic acids is 1. The fourth-order valence-electron chi connectivity index (χ4n) is 1.02. The quantitative estimate of drug-likeness (QED) is 0.708. The largest absolute Gasteiger partial charge is 0.294 e. The normalized spacial score (nSPS) is 9.92. The molecule has 2 heteroatoms. The molecule has 0 heterocycles. The summed E-state index contributed by atoms with van der Waals surface area (Å²) >= 11 is 3.39. The van der Waals surface area contributed by atoms with E-state index in [0.29, 0.717) is 6.42 Å². The maximum Gasteiger partial charge on any atom is 0.162 e. The summed E-state index contributed by atoms with van der Waals surface area (Å²) in [6.07, 6.45) is 0.571. The minimum Gasteiger partial charge on any atom is -0.294 e. The van der Waals surface area contributed by atoms with E-state index in [1.807, 2.05) is 32.0 Å². The number of rotatable bonds is 2. The van der Waals surface area contributed by atoms with E-state index in [1.54, 1.807) is 0 Å². The van der Waals surface area contributed by atoms with E-state index in [1.165, 1.54) is 0 Å². The van der Waals surface area contributed by atoms with E-state index in [9.17, 15) is 4.79 Å². The molecule has 0 fully saturated rings. The first-order valence-electron chi connectivity index (χ1n) is 3.94. The Morgan fingerprint density at radius 2 is 2.17 bits per heavy atom. The summed E-state index contributed by atoms with van der Waals surface area (Å²) in [5.74, 6) is 0.200. The molecule has 0 spiro atoms. The Morgan fingerprint density at radius 1 is 1.50 bits per heavy atom. The maximum absolute atomic E-state index is 11.3. The highest BCUT2D eigenvalue weighted by Crippen LogP contribution is 2.17. The Balaban J connectivity index is 3.05. The van der Waals surface area contributed by atoms with Gasteiger partial charge in [-0.1, -0.05) is 28.9 Å². The third-order valence-corrected chi connectivity index (χ3v) is 2.69. The smallest absolute Gasteiger partial charge is 0.162 e. The molecule has 0 radical (unpaired) electrons. The van der Waals surface area contributed by atoms with Gasteiger partial charge in [0, 0.05) is 16.5 Å². The van der Waals surface area contributed by atoms with Gasteiger partial charge < -0.3 is 0 Å². The van der Waals surface area contributed by atoms with Gasteiger partial charge >= 0.3 is 0 Å². The second-order valence-electron chi connectivity index (χ2n) is 2.74. The van der Waals surface area contributed by atoms with E-state index >= 15 is 0 Å². The van der Waals surface area contributed by atoms with Gasteiger partial charge in [0.05, 0.1) is 0 Å². The van der Waals surface area contributed by atoms with E-state index in [0.717, 1.165) is 15.6 Å². The first kappa shape index (κ1) is 9.46. The Kier molecular flexibility index (Phi) is 3.04. The zero-order valence-electron chi connectivity index (χ0n) is 7.23. The van der Waals surface area contributed by atoms with Crippen LogP contribution in [0.1, 0.15) is 29.3 Å². The van der Waals surface area contributed by atoms with Crippen LogP contribution in [0.4, 0.5) is 0 Å². The van der Waals surface area contributed by atoms with Gasteiger partial charge in [0.2, 0.25) is 0 Å². The lowest BCUT2D eigenvalue weighted by atomic mass is 10.1. The molecule has 64 valence electrons. The number of aryl methyl sites for hydroxylation is 1. The van der Waals surface area contributed by atoms with Crippen molar-refractivity contribution in [3.8, 4) is 0 Å². The van der Waals surface area contributed by atoms with Gasteiger partial charge in [0.25, 0.3) is 0 Å². The van der Waals surface area contributed by atoms with Crippen LogP contribution in [-0.4, -0.2) is 5.78 Å². The van der Waals surface area contributed by atoms with Gasteiger partial charge in [-0.05, 0) is 24.6 Å². The molecule has 1 aromatic rings. The number of ketones is 1. The fraction of sp³-hybridized carbons (Fsp3) is 0.300. The molecular formula is C10H11BrO. The number of carbonyl (C=O) groups is 1. The Bertz CT molecular complexity index is 305. The van der Waals surface area contributed by atoms with Crippen molar-refractivity contribution >= 4 is 21.7 Å². The van der Waals surface area contributed by atoms with E-state index in [4.69, 9.17) is 0 Å². The average Bonchev–Trinajstić information content (AvgIpc) is 2.08. The summed E-state index contributed by atoms with van der Waals surface area (Å²) in [6, 6.07) is 5.68. The molecule has 0 aromatic heterocycles. The second kappa shape index (κ2) is 3.85. The molecule has 0 saturated carbocycles. The van der Waals surface area contributed by atoms with Crippen LogP contribution in [0.2, 0.25) is 0 Å². The first-order chi connectivity index (χ1) is 5.65. The van der Waals surface area contributed by atoms with Gasteiger partial charge in [0.1, 0.15) is 0 Å². The third-order valence-electron chi connectivity index (χ3n) is 1.80. The van der Waals surface area contributed by atoms with Crippen LogP contribution in [0, 0.1) is 6.92 Å². The molecule has 0 bridgehead atoms. The van der Waals surface area contributed by atoms with Crippen molar-refractivity contribution < 1.29 is 4.79 Å². The van der Waals surface area contributed by atoms with Gasteiger partial charge in [-0.3, -0.25) is 4.79 Å². The summed E-state index contributed by atoms with van der Waals surface area (Å²) in [7, 11) is 0. The first-order valence-corrected chi connectivity index (χ1v) is 4.73. The number of hydrogen-bond acceptors (Lipinski definition) is 1. The van der Waals surface area contributed by atoms with Crippen LogP contribution in [0.5, 0.6) is 0 Å². The van der Waals surface area contributed by atoms with Gasteiger partial charge in [-0.15, -0.1) is 0 Å². The highest BCUT2D eigenvalue weighted by Gasteiger charge is 2.03. The van der Waals surface area contributed by atoms with Crippen LogP contribution in [0.25, 0.3) is 0 Å². The Morgan fingerprint density at radius 3 is 2.67 bits per heavy atom. The molecule has 0 aliphatic heterocycles. The minimum atomic E-state index is 0.200. The molecule has 0 atom stereocenters.